The lowest BCUT2D eigenvalue weighted by Gasteiger charge is -2.30. The van der Waals surface area contributed by atoms with E-state index < -0.39 is 15.4 Å². The van der Waals surface area contributed by atoms with Crippen LogP contribution in [0.3, 0.4) is 0 Å². The fraction of sp³-hybridized carbons (Fsp3) is 0.469. The second-order valence-corrected chi connectivity index (χ2v) is 14.3. The van der Waals surface area contributed by atoms with Crippen molar-refractivity contribution in [3.63, 3.8) is 0 Å². The topological polar surface area (TPSA) is 165 Å². The number of benzene rings is 1. The number of pyridine rings is 1. The molecule has 250 valence electrons. The first-order valence-electron chi connectivity index (χ1n) is 15.8. The molecule has 0 unspecified atom stereocenters. The molecule has 0 bridgehead atoms. The lowest BCUT2D eigenvalue weighted by Crippen LogP contribution is -2.43. The van der Waals surface area contributed by atoms with E-state index in [0.717, 1.165) is 43.1 Å². The molecule has 2 N–H and O–H groups in total. The zero-order valence-corrected chi connectivity index (χ0v) is 27.7. The highest BCUT2D eigenvalue weighted by molar-refractivity contribution is 7.91. The first-order chi connectivity index (χ1) is 22.6. The van der Waals surface area contributed by atoms with Gasteiger partial charge >= 0.3 is 0 Å². The molecule has 47 heavy (non-hydrogen) atoms. The smallest absolute Gasteiger partial charge is 0.263 e. The average molecular weight is 665 g/mol. The molecule has 3 aromatic heterocycles. The van der Waals surface area contributed by atoms with Crippen LogP contribution >= 0.6 is 0 Å². The fourth-order valence-electron chi connectivity index (χ4n) is 6.02. The van der Waals surface area contributed by atoms with Gasteiger partial charge in [-0.15, -0.1) is 0 Å². The summed E-state index contributed by atoms with van der Waals surface area (Å²) in [5.74, 6) is -0.578. The van der Waals surface area contributed by atoms with Gasteiger partial charge in [-0.2, -0.15) is 4.98 Å². The summed E-state index contributed by atoms with van der Waals surface area (Å²) < 4.78 is 38.3. The number of hydrogen-bond donors (Lipinski definition) is 2. The van der Waals surface area contributed by atoms with Gasteiger partial charge in [-0.1, -0.05) is 5.16 Å². The molecule has 0 spiro atoms. The van der Waals surface area contributed by atoms with Crippen molar-refractivity contribution in [3.8, 4) is 0 Å². The lowest BCUT2D eigenvalue weighted by molar-refractivity contribution is 0.0543. The van der Waals surface area contributed by atoms with Gasteiger partial charge in [-0.25, -0.2) is 13.4 Å². The highest BCUT2D eigenvalue weighted by Crippen LogP contribution is 2.27. The van der Waals surface area contributed by atoms with Crippen LogP contribution in [0.25, 0.3) is 11.0 Å². The molecule has 5 heterocycles. The summed E-state index contributed by atoms with van der Waals surface area (Å²) in [6.45, 7) is 6.74. The summed E-state index contributed by atoms with van der Waals surface area (Å²) in [5, 5.41) is 10.5. The average Bonchev–Trinajstić information content (AvgIpc) is 3.55. The summed E-state index contributed by atoms with van der Waals surface area (Å²) in [7, 11) is -0.307. The molecular weight excluding hydrogens is 624 g/mol. The van der Waals surface area contributed by atoms with Crippen molar-refractivity contribution in [3.05, 3.63) is 63.7 Å². The Morgan fingerprint density at radius 1 is 1.13 bits per heavy atom. The molecule has 0 atom stereocenters. The van der Waals surface area contributed by atoms with Gasteiger partial charge in [0.25, 0.3) is 10.7 Å². The molecule has 2 aliphatic rings. The molecule has 14 nitrogen and oxygen atoms in total. The van der Waals surface area contributed by atoms with E-state index in [1.807, 2.05) is 12.1 Å². The number of aromatic nitrogens is 4. The summed E-state index contributed by atoms with van der Waals surface area (Å²) >= 11 is 0. The van der Waals surface area contributed by atoms with Gasteiger partial charge in [0.15, 0.2) is 5.78 Å². The van der Waals surface area contributed by atoms with Crippen molar-refractivity contribution in [1.82, 2.24) is 29.9 Å². The minimum Gasteiger partial charge on any atom is -0.381 e. The highest BCUT2D eigenvalue weighted by atomic mass is 32.2. The Labute approximate surface area is 273 Å². The van der Waals surface area contributed by atoms with E-state index in [1.54, 1.807) is 25.2 Å². The molecule has 2 aliphatic heterocycles. The van der Waals surface area contributed by atoms with E-state index in [1.165, 1.54) is 16.8 Å². The molecule has 0 radical (unpaired) electrons. The molecular formula is C32H40N8O6S. The quantitative estimate of drug-likeness (QED) is 0.225. The van der Waals surface area contributed by atoms with Crippen LogP contribution in [0.5, 0.6) is 0 Å². The fourth-order valence-corrected chi connectivity index (χ4v) is 7.49. The number of ether oxygens (including phenoxy) is 1. The Morgan fingerprint density at radius 3 is 2.62 bits per heavy atom. The lowest BCUT2D eigenvalue weighted by atomic mass is 9.91. The van der Waals surface area contributed by atoms with E-state index in [9.17, 15) is 18.0 Å². The largest absolute Gasteiger partial charge is 0.381 e. The Morgan fingerprint density at radius 2 is 1.89 bits per heavy atom. The number of carbonyl (C=O) groups excluding carboxylic acids is 1. The number of aryl methyl sites for hydroxylation is 1. The van der Waals surface area contributed by atoms with Gasteiger partial charge in [0.05, 0.1) is 29.6 Å². The Hall–Kier alpha value is -4.18. The highest BCUT2D eigenvalue weighted by Gasteiger charge is 2.29. The number of anilines is 3. The van der Waals surface area contributed by atoms with Gasteiger partial charge in [0.2, 0.25) is 15.8 Å². The second kappa shape index (κ2) is 13.9. The van der Waals surface area contributed by atoms with Gasteiger partial charge < -0.3 is 29.7 Å². The minimum absolute atomic E-state index is 0.00121. The van der Waals surface area contributed by atoms with Crippen molar-refractivity contribution in [2.45, 2.75) is 31.4 Å². The van der Waals surface area contributed by atoms with Crippen LogP contribution in [0.2, 0.25) is 0 Å². The van der Waals surface area contributed by atoms with E-state index in [0.29, 0.717) is 31.4 Å². The van der Waals surface area contributed by atoms with Crippen molar-refractivity contribution < 1.29 is 22.5 Å². The number of hydrogen-bond acceptors (Lipinski definition) is 13. The van der Waals surface area contributed by atoms with Gasteiger partial charge in [-0.3, -0.25) is 14.2 Å². The zero-order chi connectivity index (χ0) is 33.1. The molecule has 0 aliphatic carbocycles. The van der Waals surface area contributed by atoms with E-state index in [2.05, 4.69) is 38.7 Å². The van der Waals surface area contributed by atoms with Crippen molar-refractivity contribution in [2.75, 3.05) is 76.0 Å². The number of rotatable bonds is 11. The van der Waals surface area contributed by atoms with E-state index in [4.69, 9.17) is 14.2 Å². The zero-order valence-electron chi connectivity index (χ0n) is 26.9. The third-order valence-corrected chi connectivity index (χ3v) is 10.2. The number of sulfone groups is 1. The summed E-state index contributed by atoms with van der Waals surface area (Å²) in [6, 6.07) is 7.58. The molecule has 0 saturated carbocycles. The molecule has 15 heteroatoms. The Balaban J connectivity index is 1.38. The Bertz CT molecular complexity index is 1930. The standard InChI is InChI=1S/C32H40N8O6S/c1-21-16-25(4-5-27(21)39-10-8-33-9-11-39)36-32-34-18-23-17-26(28(41)22-6-13-45-14-7-22)30(42)40(29(23)37-32)20-24-19-35-46-31(24)47(43,44)15-12-38(2)3/h4-5,16-19,22,33H,6-15,20H2,1-3H3,(H,34,36,37). The summed E-state index contributed by atoms with van der Waals surface area (Å²) in [4.78, 5) is 41.0. The second-order valence-electron chi connectivity index (χ2n) is 12.3. The molecule has 0 amide bonds. The molecule has 4 aromatic rings. The van der Waals surface area contributed by atoms with Crippen LogP contribution in [0.15, 0.2) is 51.1 Å². The van der Waals surface area contributed by atoms with Crippen LogP contribution < -0.4 is 21.1 Å². The first kappa shape index (κ1) is 32.7. The van der Waals surface area contributed by atoms with E-state index in [-0.39, 0.29) is 58.4 Å². The number of carbonyl (C=O) groups is 1. The maximum atomic E-state index is 14.1. The van der Waals surface area contributed by atoms with Crippen molar-refractivity contribution in [2.24, 2.45) is 5.92 Å². The predicted octanol–water partition coefficient (Wildman–Crippen LogP) is 2.23. The molecule has 2 fully saturated rings. The van der Waals surface area contributed by atoms with Crippen LogP contribution in [0.4, 0.5) is 17.3 Å². The molecule has 2 saturated heterocycles. The van der Waals surface area contributed by atoms with Gasteiger partial charge in [0, 0.05) is 74.8 Å². The van der Waals surface area contributed by atoms with Gasteiger partial charge in [0.1, 0.15) is 5.65 Å². The summed E-state index contributed by atoms with van der Waals surface area (Å²) in [5.41, 5.74) is 2.89. The van der Waals surface area contributed by atoms with Crippen molar-refractivity contribution in [1.29, 1.82) is 0 Å². The number of ketones is 1. The monoisotopic (exact) mass is 664 g/mol. The Kier molecular flexibility index (Phi) is 9.68. The number of piperazine rings is 1. The maximum absolute atomic E-state index is 14.1. The SMILES string of the molecule is Cc1cc(Nc2ncc3cc(C(=O)C4CCOCC4)c(=O)n(Cc4cnoc4S(=O)(=O)CCN(C)C)c3n2)ccc1N1CCNCC1. The normalized spacial score (nSPS) is 16.2. The number of nitrogens with zero attached hydrogens (tertiary/aromatic N) is 6. The molecule has 1 aromatic carbocycles. The van der Waals surface area contributed by atoms with Crippen molar-refractivity contribution >= 4 is 44.0 Å². The maximum Gasteiger partial charge on any atom is 0.263 e. The number of Topliss-reactive ketones (excluding diaryl/α,β-unsaturated/α-hetero) is 1. The van der Waals surface area contributed by atoms with Gasteiger partial charge in [-0.05, 0) is 63.7 Å². The van der Waals surface area contributed by atoms with E-state index >= 15 is 0 Å². The van der Waals surface area contributed by atoms with Crippen LogP contribution in [-0.2, 0) is 21.1 Å². The van der Waals surface area contributed by atoms with Crippen LogP contribution in [0.1, 0.15) is 34.3 Å². The third kappa shape index (κ3) is 7.22. The van der Waals surface area contributed by atoms with Crippen LogP contribution in [0, 0.1) is 12.8 Å². The van der Waals surface area contributed by atoms with Crippen LogP contribution in [-0.4, -0.2) is 105 Å². The number of fused-ring (bicyclic) bond motifs is 1. The first-order valence-corrected chi connectivity index (χ1v) is 17.4. The number of nitrogens with one attached hydrogen (secondary N) is 2. The summed E-state index contributed by atoms with van der Waals surface area (Å²) in [6.07, 6.45) is 3.88. The minimum atomic E-state index is -3.86. The third-order valence-electron chi connectivity index (χ3n) is 8.62. The predicted molar refractivity (Wildman–Crippen MR) is 177 cm³/mol. The molecule has 6 rings (SSSR count).